The second-order valence-electron chi connectivity index (χ2n) is 5.57. The van der Waals surface area contributed by atoms with Gasteiger partial charge in [0.05, 0.1) is 13.0 Å². The average Bonchev–Trinajstić information content (AvgIpc) is 2.45. The Morgan fingerprint density at radius 1 is 1.24 bits per heavy atom. The third kappa shape index (κ3) is 3.83. The Kier molecular flexibility index (Phi) is 5.04. The summed E-state index contributed by atoms with van der Waals surface area (Å²) < 4.78 is 43.4. The quantitative estimate of drug-likeness (QED) is 0.874. The van der Waals surface area contributed by atoms with Crippen molar-refractivity contribution in [1.82, 2.24) is 0 Å². The molecule has 1 unspecified atom stereocenters. The van der Waals surface area contributed by atoms with E-state index in [1.807, 2.05) is 0 Å². The molecule has 118 valence electrons. The highest BCUT2D eigenvalue weighted by atomic mass is 35.5. The molecule has 21 heavy (non-hydrogen) atoms. The molecule has 2 rings (SSSR count). The van der Waals surface area contributed by atoms with Crippen LogP contribution in [0.1, 0.15) is 37.3 Å². The molecule has 1 aliphatic carbocycles. The van der Waals surface area contributed by atoms with Crippen molar-refractivity contribution in [2.75, 3.05) is 7.11 Å². The van der Waals surface area contributed by atoms with Gasteiger partial charge in [0.25, 0.3) is 0 Å². The van der Waals surface area contributed by atoms with Gasteiger partial charge in [-0.2, -0.15) is 13.2 Å². The van der Waals surface area contributed by atoms with Gasteiger partial charge in [0.15, 0.2) is 0 Å². The number of rotatable bonds is 3. The van der Waals surface area contributed by atoms with Gasteiger partial charge in [0.2, 0.25) is 0 Å². The predicted octanol–water partition coefficient (Wildman–Crippen LogP) is 4.72. The molecule has 0 heterocycles. The Balaban J connectivity index is 2.08. The average molecular weight is 322 g/mol. The van der Waals surface area contributed by atoms with Crippen LogP contribution in [0.15, 0.2) is 18.2 Å². The van der Waals surface area contributed by atoms with E-state index in [0.29, 0.717) is 23.6 Å². The van der Waals surface area contributed by atoms with Crippen molar-refractivity contribution in [1.29, 1.82) is 0 Å². The van der Waals surface area contributed by atoms with E-state index in [1.54, 1.807) is 25.3 Å². The molecule has 0 amide bonds. The van der Waals surface area contributed by atoms with Gasteiger partial charge < -0.3 is 10.5 Å². The van der Waals surface area contributed by atoms with Crippen molar-refractivity contribution in [3.8, 4) is 5.75 Å². The topological polar surface area (TPSA) is 35.2 Å². The molecule has 1 saturated carbocycles. The van der Waals surface area contributed by atoms with Gasteiger partial charge in [-0.3, -0.25) is 0 Å². The molecule has 1 aliphatic rings. The minimum absolute atomic E-state index is 0.0240. The molecule has 0 bridgehead atoms. The second kappa shape index (κ2) is 6.44. The first-order chi connectivity index (χ1) is 9.82. The molecule has 6 heteroatoms. The summed E-state index contributed by atoms with van der Waals surface area (Å²) >= 11 is 5.98. The first-order valence-corrected chi connectivity index (χ1v) is 7.36. The van der Waals surface area contributed by atoms with Crippen LogP contribution >= 0.6 is 11.6 Å². The maximum absolute atomic E-state index is 12.7. The minimum Gasteiger partial charge on any atom is -0.496 e. The lowest BCUT2D eigenvalue weighted by Crippen LogP contribution is -2.32. The van der Waals surface area contributed by atoms with Crippen LogP contribution in [0.5, 0.6) is 5.75 Å². The fourth-order valence-electron chi connectivity index (χ4n) is 3.03. The zero-order valence-electron chi connectivity index (χ0n) is 11.8. The summed E-state index contributed by atoms with van der Waals surface area (Å²) in [4.78, 5) is 0. The number of nitrogens with two attached hydrogens (primary N) is 1. The number of ether oxygens (including phenoxy) is 1. The van der Waals surface area contributed by atoms with E-state index in [4.69, 9.17) is 22.1 Å². The van der Waals surface area contributed by atoms with Gasteiger partial charge in [-0.25, -0.2) is 0 Å². The fourth-order valence-corrected chi connectivity index (χ4v) is 3.21. The smallest absolute Gasteiger partial charge is 0.391 e. The summed E-state index contributed by atoms with van der Waals surface area (Å²) in [7, 11) is 1.54. The molecular formula is C15H19ClF3NO. The van der Waals surface area contributed by atoms with Crippen LogP contribution in [0.4, 0.5) is 13.2 Å². The van der Waals surface area contributed by atoms with Crippen LogP contribution < -0.4 is 10.5 Å². The Labute approximate surface area is 127 Å². The minimum atomic E-state index is -4.09. The fraction of sp³-hybridized carbons (Fsp3) is 0.600. The molecule has 0 saturated heterocycles. The molecule has 2 N–H and O–H groups in total. The van der Waals surface area contributed by atoms with E-state index < -0.39 is 12.1 Å². The Hall–Kier alpha value is -0.940. The maximum Gasteiger partial charge on any atom is 0.391 e. The Morgan fingerprint density at radius 3 is 2.38 bits per heavy atom. The lowest BCUT2D eigenvalue weighted by molar-refractivity contribution is -0.184. The summed E-state index contributed by atoms with van der Waals surface area (Å²) in [6.45, 7) is 0. The number of benzene rings is 1. The zero-order valence-corrected chi connectivity index (χ0v) is 12.5. The molecule has 0 radical (unpaired) electrons. The first-order valence-electron chi connectivity index (χ1n) is 6.98. The highest BCUT2D eigenvalue weighted by molar-refractivity contribution is 6.30. The number of alkyl halides is 3. The third-order valence-electron chi connectivity index (χ3n) is 4.29. The van der Waals surface area contributed by atoms with Crippen molar-refractivity contribution >= 4 is 11.6 Å². The molecule has 0 aromatic heterocycles. The van der Waals surface area contributed by atoms with E-state index in [-0.39, 0.29) is 24.8 Å². The van der Waals surface area contributed by atoms with Crippen molar-refractivity contribution < 1.29 is 17.9 Å². The predicted molar refractivity (Wildman–Crippen MR) is 76.4 cm³/mol. The molecule has 1 atom stereocenters. The van der Waals surface area contributed by atoms with Crippen molar-refractivity contribution in [3.05, 3.63) is 28.8 Å². The van der Waals surface area contributed by atoms with E-state index in [1.165, 1.54) is 0 Å². The van der Waals surface area contributed by atoms with Gasteiger partial charge >= 0.3 is 6.18 Å². The van der Waals surface area contributed by atoms with Crippen LogP contribution in [0, 0.1) is 11.8 Å². The SMILES string of the molecule is COc1ccc(Cl)cc1C(N)C1CCC(C(F)(F)F)CC1. The van der Waals surface area contributed by atoms with Crippen molar-refractivity contribution in [2.24, 2.45) is 17.6 Å². The van der Waals surface area contributed by atoms with Crippen LogP contribution in [0.3, 0.4) is 0 Å². The third-order valence-corrected chi connectivity index (χ3v) is 4.53. The summed E-state index contributed by atoms with van der Waals surface area (Å²) in [5.74, 6) is -0.539. The molecule has 1 fully saturated rings. The van der Waals surface area contributed by atoms with E-state index in [2.05, 4.69) is 0 Å². The summed E-state index contributed by atoms with van der Waals surface area (Å²) in [6, 6.07) is 4.82. The van der Waals surface area contributed by atoms with Gasteiger partial charge in [-0.1, -0.05) is 11.6 Å². The largest absolute Gasteiger partial charge is 0.496 e. The van der Waals surface area contributed by atoms with Gasteiger partial charge in [-0.05, 0) is 49.8 Å². The summed E-state index contributed by atoms with van der Waals surface area (Å²) in [5.41, 5.74) is 7.01. The van der Waals surface area contributed by atoms with E-state index in [9.17, 15) is 13.2 Å². The van der Waals surface area contributed by atoms with Gasteiger partial charge in [0, 0.05) is 16.6 Å². The molecule has 0 spiro atoms. The molecular weight excluding hydrogens is 303 g/mol. The normalized spacial score (nSPS) is 24.7. The number of hydrogen-bond acceptors (Lipinski definition) is 2. The second-order valence-corrected chi connectivity index (χ2v) is 6.00. The maximum atomic E-state index is 12.7. The Morgan fingerprint density at radius 2 is 1.86 bits per heavy atom. The van der Waals surface area contributed by atoms with Crippen LogP contribution in [0.25, 0.3) is 0 Å². The van der Waals surface area contributed by atoms with E-state index in [0.717, 1.165) is 5.56 Å². The van der Waals surface area contributed by atoms with Crippen molar-refractivity contribution in [3.63, 3.8) is 0 Å². The molecule has 1 aromatic carbocycles. The lowest BCUT2D eigenvalue weighted by atomic mass is 9.76. The zero-order chi connectivity index (χ0) is 15.6. The van der Waals surface area contributed by atoms with Crippen LogP contribution in [0.2, 0.25) is 5.02 Å². The van der Waals surface area contributed by atoms with Gasteiger partial charge in [0.1, 0.15) is 5.75 Å². The lowest BCUT2D eigenvalue weighted by Gasteiger charge is -2.33. The standard InChI is InChI=1S/C15H19ClF3NO/c1-21-13-7-6-11(16)8-12(13)14(20)9-2-4-10(5-3-9)15(17,18)19/h6-10,14H,2-5,20H2,1H3. The first kappa shape index (κ1) is 16.4. The van der Waals surface area contributed by atoms with E-state index >= 15 is 0 Å². The van der Waals surface area contributed by atoms with Gasteiger partial charge in [-0.15, -0.1) is 0 Å². The number of methoxy groups -OCH3 is 1. The molecule has 0 aliphatic heterocycles. The highest BCUT2D eigenvalue weighted by Gasteiger charge is 2.42. The van der Waals surface area contributed by atoms with Crippen LogP contribution in [-0.2, 0) is 0 Å². The van der Waals surface area contributed by atoms with Crippen molar-refractivity contribution in [2.45, 2.75) is 37.9 Å². The molecule has 1 aromatic rings. The monoisotopic (exact) mass is 321 g/mol. The summed E-state index contributed by atoms with van der Waals surface area (Å²) in [6.07, 6.45) is -2.86. The Bertz CT molecular complexity index is 484. The number of halogens is 4. The highest BCUT2D eigenvalue weighted by Crippen LogP contribution is 2.43. The van der Waals surface area contributed by atoms with Crippen LogP contribution in [-0.4, -0.2) is 13.3 Å². The number of hydrogen-bond donors (Lipinski definition) is 1. The summed E-state index contributed by atoms with van der Waals surface area (Å²) in [5, 5.41) is 0.547. The molecule has 2 nitrogen and oxygen atoms in total.